The van der Waals surface area contributed by atoms with E-state index in [0.29, 0.717) is 11.1 Å². The quantitative estimate of drug-likeness (QED) is 0.892. The number of hydrogen-bond acceptors (Lipinski definition) is 2. The minimum Gasteiger partial charge on any atom is -0.334 e. The van der Waals surface area contributed by atoms with Gasteiger partial charge in [-0.3, -0.25) is 4.79 Å². The third kappa shape index (κ3) is 2.95. The Hall–Kier alpha value is -1.42. The van der Waals surface area contributed by atoms with Crippen LogP contribution in [0.3, 0.4) is 0 Å². The van der Waals surface area contributed by atoms with Crippen LogP contribution in [0.5, 0.6) is 0 Å². The molecular formula is C15H21FN2O. The molecule has 2 atom stereocenters. The first-order valence-electron chi connectivity index (χ1n) is 6.83. The lowest BCUT2D eigenvalue weighted by Crippen LogP contribution is -2.51. The Kier molecular flexibility index (Phi) is 4.20. The lowest BCUT2D eigenvalue weighted by molar-refractivity contribution is 0.0583. The highest BCUT2D eigenvalue weighted by Gasteiger charge is 2.29. The summed E-state index contributed by atoms with van der Waals surface area (Å²) in [5.74, 6) is -0.316. The average Bonchev–Trinajstić information content (AvgIpc) is 2.41. The SMILES string of the molecule is Cc1cc(C(=O)N2CCCCC2C(C)N)ccc1F. The molecule has 1 aliphatic rings. The van der Waals surface area contributed by atoms with E-state index < -0.39 is 0 Å². The van der Waals surface area contributed by atoms with E-state index in [2.05, 4.69) is 0 Å². The minimum atomic E-state index is -0.279. The van der Waals surface area contributed by atoms with Gasteiger partial charge in [-0.15, -0.1) is 0 Å². The Morgan fingerprint density at radius 3 is 2.84 bits per heavy atom. The molecule has 19 heavy (non-hydrogen) atoms. The first kappa shape index (κ1) is 14.0. The molecule has 1 amide bonds. The summed E-state index contributed by atoms with van der Waals surface area (Å²) in [5, 5.41) is 0. The van der Waals surface area contributed by atoms with Gasteiger partial charge in [0.1, 0.15) is 5.82 Å². The standard InChI is InChI=1S/C15H21FN2O/c1-10-9-12(6-7-13(10)16)15(19)18-8-4-3-5-14(18)11(2)17/h6-7,9,11,14H,3-5,8,17H2,1-2H3. The number of likely N-dealkylation sites (tertiary alicyclic amines) is 1. The third-order valence-electron chi connectivity index (χ3n) is 3.82. The average molecular weight is 264 g/mol. The summed E-state index contributed by atoms with van der Waals surface area (Å²) in [5.41, 5.74) is 7.02. The number of nitrogens with zero attached hydrogens (tertiary/aromatic N) is 1. The largest absolute Gasteiger partial charge is 0.334 e. The van der Waals surface area contributed by atoms with E-state index >= 15 is 0 Å². The Morgan fingerprint density at radius 2 is 2.21 bits per heavy atom. The highest BCUT2D eigenvalue weighted by Crippen LogP contribution is 2.22. The number of aryl methyl sites for hydroxylation is 1. The Morgan fingerprint density at radius 1 is 1.47 bits per heavy atom. The van der Waals surface area contributed by atoms with Gasteiger partial charge in [0.05, 0.1) is 0 Å². The summed E-state index contributed by atoms with van der Waals surface area (Å²) in [6.07, 6.45) is 3.07. The molecule has 104 valence electrons. The zero-order valence-corrected chi connectivity index (χ0v) is 11.5. The molecule has 0 aromatic heterocycles. The lowest BCUT2D eigenvalue weighted by Gasteiger charge is -2.38. The van der Waals surface area contributed by atoms with Gasteiger partial charge >= 0.3 is 0 Å². The molecule has 3 nitrogen and oxygen atoms in total. The lowest BCUT2D eigenvalue weighted by atomic mass is 9.96. The van der Waals surface area contributed by atoms with E-state index in [1.54, 1.807) is 19.1 Å². The van der Waals surface area contributed by atoms with Crippen LogP contribution in [0.1, 0.15) is 42.1 Å². The predicted octanol–water partition coefficient (Wildman–Crippen LogP) is 2.48. The summed E-state index contributed by atoms with van der Waals surface area (Å²) in [4.78, 5) is 14.4. The second kappa shape index (κ2) is 5.70. The molecule has 0 radical (unpaired) electrons. The number of carbonyl (C=O) groups is 1. The van der Waals surface area contributed by atoms with Crippen molar-refractivity contribution in [2.24, 2.45) is 5.73 Å². The highest BCUT2D eigenvalue weighted by atomic mass is 19.1. The predicted molar refractivity (Wildman–Crippen MR) is 73.5 cm³/mol. The van der Waals surface area contributed by atoms with Gasteiger partial charge in [0, 0.05) is 24.2 Å². The second-order valence-corrected chi connectivity index (χ2v) is 5.38. The summed E-state index contributed by atoms with van der Waals surface area (Å²) in [6.45, 7) is 4.35. The highest BCUT2D eigenvalue weighted by molar-refractivity contribution is 5.94. The van der Waals surface area contributed by atoms with E-state index in [-0.39, 0.29) is 23.8 Å². The molecule has 1 aliphatic heterocycles. The van der Waals surface area contributed by atoms with E-state index in [9.17, 15) is 9.18 Å². The van der Waals surface area contributed by atoms with Crippen molar-refractivity contribution in [1.82, 2.24) is 4.90 Å². The van der Waals surface area contributed by atoms with Crippen LogP contribution < -0.4 is 5.73 Å². The molecule has 1 heterocycles. The molecule has 0 bridgehead atoms. The van der Waals surface area contributed by atoms with E-state index in [1.165, 1.54) is 6.07 Å². The molecule has 2 rings (SSSR count). The summed E-state index contributed by atoms with van der Waals surface area (Å²) < 4.78 is 13.3. The first-order valence-corrected chi connectivity index (χ1v) is 6.83. The van der Waals surface area contributed by atoms with Crippen LogP contribution in [0.4, 0.5) is 4.39 Å². The maximum absolute atomic E-state index is 13.3. The Bertz CT molecular complexity index is 473. The zero-order valence-electron chi connectivity index (χ0n) is 11.5. The van der Waals surface area contributed by atoms with Crippen molar-refractivity contribution >= 4 is 5.91 Å². The first-order chi connectivity index (χ1) is 9.00. The Balaban J connectivity index is 2.23. The fourth-order valence-corrected chi connectivity index (χ4v) is 2.70. The van der Waals surface area contributed by atoms with Crippen LogP contribution in [0.15, 0.2) is 18.2 Å². The van der Waals surface area contributed by atoms with Gasteiger partial charge in [0.25, 0.3) is 5.91 Å². The number of piperidine rings is 1. The molecule has 1 aromatic rings. The third-order valence-corrected chi connectivity index (χ3v) is 3.82. The van der Waals surface area contributed by atoms with Gasteiger partial charge in [0.15, 0.2) is 0 Å². The van der Waals surface area contributed by atoms with Gasteiger partial charge in [-0.2, -0.15) is 0 Å². The van der Waals surface area contributed by atoms with E-state index in [0.717, 1.165) is 25.8 Å². The van der Waals surface area contributed by atoms with Gasteiger partial charge in [-0.25, -0.2) is 4.39 Å². The van der Waals surface area contributed by atoms with Crippen LogP contribution in [0, 0.1) is 12.7 Å². The van der Waals surface area contributed by atoms with Crippen LogP contribution in [-0.2, 0) is 0 Å². The molecule has 1 saturated heterocycles. The number of halogens is 1. The number of nitrogens with two attached hydrogens (primary N) is 1. The number of benzene rings is 1. The summed E-state index contributed by atoms with van der Waals surface area (Å²) in [6, 6.07) is 4.58. The maximum atomic E-state index is 13.3. The monoisotopic (exact) mass is 264 g/mol. The minimum absolute atomic E-state index is 0.0363. The molecule has 2 unspecified atom stereocenters. The van der Waals surface area contributed by atoms with Crippen molar-refractivity contribution < 1.29 is 9.18 Å². The van der Waals surface area contributed by atoms with E-state index in [1.807, 2.05) is 11.8 Å². The number of rotatable bonds is 2. The smallest absolute Gasteiger partial charge is 0.254 e. The zero-order chi connectivity index (χ0) is 14.0. The molecule has 0 aliphatic carbocycles. The molecule has 1 fully saturated rings. The summed E-state index contributed by atoms with van der Waals surface area (Å²) >= 11 is 0. The molecule has 2 N–H and O–H groups in total. The van der Waals surface area contributed by atoms with Gasteiger partial charge < -0.3 is 10.6 Å². The van der Waals surface area contributed by atoms with Crippen molar-refractivity contribution in [2.75, 3.05) is 6.54 Å². The maximum Gasteiger partial charge on any atom is 0.254 e. The van der Waals surface area contributed by atoms with Crippen LogP contribution in [-0.4, -0.2) is 29.4 Å². The molecule has 0 saturated carbocycles. The van der Waals surface area contributed by atoms with Crippen LogP contribution >= 0.6 is 0 Å². The normalized spacial score (nSPS) is 21.3. The molecule has 0 spiro atoms. The van der Waals surface area contributed by atoms with Crippen LogP contribution in [0.2, 0.25) is 0 Å². The molecular weight excluding hydrogens is 243 g/mol. The van der Waals surface area contributed by atoms with Crippen molar-refractivity contribution in [3.63, 3.8) is 0 Å². The number of carbonyl (C=O) groups excluding carboxylic acids is 1. The van der Waals surface area contributed by atoms with E-state index in [4.69, 9.17) is 5.73 Å². The van der Waals surface area contributed by atoms with Crippen LogP contribution in [0.25, 0.3) is 0 Å². The summed E-state index contributed by atoms with van der Waals surface area (Å²) in [7, 11) is 0. The molecule has 4 heteroatoms. The number of hydrogen-bond donors (Lipinski definition) is 1. The fourth-order valence-electron chi connectivity index (χ4n) is 2.70. The Labute approximate surface area is 113 Å². The van der Waals surface area contributed by atoms with Crippen molar-refractivity contribution in [2.45, 2.75) is 45.2 Å². The van der Waals surface area contributed by atoms with Crippen molar-refractivity contribution in [3.05, 3.63) is 35.1 Å². The van der Waals surface area contributed by atoms with Crippen molar-refractivity contribution in [1.29, 1.82) is 0 Å². The topological polar surface area (TPSA) is 46.3 Å². The van der Waals surface area contributed by atoms with Gasteiger partial charge in [-0.1, -0.05) is 0 Å². The number of amides is 1. The molecule has 1 aromatic carbocycles. The van der Waals surface area contributed by atoms with Crippen molar-refractivity contribution in [3.8, 4) is 0 Å². The van der Waals surface area contributed by atoms with Gasteiger partial charge in [0.2, 0.25) is 0 Å². The van der Waals surface area contributed by atoms with Gasteiger partial charge in [-0.05, 0) is 56.9 Å². The second-order valence-electron chi connectivity index (χ2n) is 5.38. The fraction of sp³-hybridized carbons (Fsp3) is 0.533.